The summed E-state index contributed by atoms with van der Waals surface area (Å²) in [6.07, 6.45) is 9.96. The Kier molecular flexibility index (Phi) is 8.59. The maximum Gasteiger partial charge on any atom is 0.0517 e. The van der Waals surface area contributed by atoms with Crippen LogP contribution in [0, 0.1) is 0 Å². The van der Waals surface area contributed by atoms with Crippen LogP contribution in [0.15, 0.2) is 158 Å². The highest BCUT2D eigenvalue weighted by Crippen LogP contribution is 2.64. The second-order valence-electron chi connectivity index (χ2n) is 24.3. The van der Waals surface area contributed by atoms with Gasteiger partial charge in [0.2, 0.25) is 0 Å². The quantitative estimate of drug-likeness (QED) is 0.174. The van der Waals surface area contributed by atoms with E-state index in [1.165, 1.54) is 163 Å². The molecule has 8 aromatic carbocycles. The number of rotatable bonds is 4. The predicted molar refractivity (Wildman–Crippen MR) is 296 cm³/mol. The fourth-order valence-corrected chi connectivity index (χ4v) is 16.0. The van der Waals surface area contributed by atoms with Crippen LogP contribution >= 0.6 is 0 Å². The van der Waals surface area contributed by atoms with Crippen molar-refractivity contribution in [2.45, 2.75) is 139 Å². The van der Waals surface area contributed by atoms with Gasteiger partial charge in [-0.05, 0) is 195 Å². The first-order valence-corrected chi connectivity index (χ1v) is 26.6. The first kappa shape index (κ1) is 42.5. The minimum Gasteiger partial charge on any atom is -0.334 e. The molecule has 0 bridgehead atoms. The van der Waals surface area contributed by atoms with Gasteiger partial charge in [0.05, 0.1) is 11.1 Å². The number of anilines is 4. The molecule has 2 aliphatic heterocycles. The average Bonchev–Trinajstić information content (AvgIpc) is 3.92. The molecule has 4 atom stereocenters. The highest BCUT2D eigenvalue weighted by Gasteiger charge is 2.59. The lowest BCUT2D eigenvalue weighted by Crippen LogP contribution is -2.54. The highest BCUT2D eigenvalue weighted by atomic mass is 15.3. The third-order valence-electron chi connectivity index (χ3n) is 20.4. The zero-order chi connectivity index (χ0) is 47.7. The van der Waals surface area contributed by atoms with Crippen LogP contribution in [0.1, 0.15) is 140 Å². The van der Waals surface area contributed by atoms with Gasteiger partial charge >= 0.3 is 0 Å². The van der Waals surface area contributed by atoms with Gasteiger partial charge in [-0.2, -0.15) is 0 Å². The minimum absolute atomic E-state index is 0.0221. The Labute approximate surface area is 416 Å². The first-order chi connectivity index (χ1) is 33.7. The molecule has 0 amide bonds. The Bertz CT molecular complexity index is 3520. The van der Waals surface area contributed by atoms with Crippen molar-refractivity contribution in [3.63, 3.8) is 0 Å². The predicted octanol–water partition coefficient (Wildman–Crippen LogP) is 18.3. The molecule has 0 saturated heterocycles. The summed E-state index contributed by atoms with van der Waals surface area (Å²) in [7, 11) is 0. The van der Waals surface area contributed by atoms with E-state index >= 15 is 0 Å². The SMILES string of the molecule is CC1(C)c2cc(-c3ccc4c(c3)C3(C)CCCCC3(C)N4c3ccccc3)ccc2-c2cc3c(cc21)C(C)(C)c1cc(-c2ccc4c(c2)C2(C)CCCCC2(C)N4c2ccccc2)c2ccccc2c1-3. The molecule has 4 aliphatic carbocycles. The summed E-state index contributed by atoms with van der Waals surface area (Å²) in [6, 6.07) is 61.7. The van der Waals surface area contributed by atoms with E-state index in [0.717, 1.165) is 0 Å². The molecule has 2 heterocycles. The van der Waals surface area contributed by atoms with E-state index in [1.54, 1.807) is 0 Å². The lowest BCUT2D eigenvalue weighted by atomic mass is 9.61. The van der Waals surface area contributed by atoms with E-state index < -0.39 is 0 Å². The van der Waals surface area contributed by atoms with E-state index in [1.807, 2.05) is 0 Å². The molecule has 2 saturated carbocycles. The molecular formula is C68H66N2. The second-order valence-corrected chi connectivity index (χ2v) is 24.3. The smallest absolute Gasteiger partial charge is 0.0517 e. The van der Waals surface area contributed by atoms with E-state index in [0.29, 0.717) is 0 Å². The van der Waals surface area contributed by atoms with Gasteiger partial charge in [-0.15, -0.1) is 0 Å². The Morgan fingerprint density at radius 2 is 0.786 bits per heavy atom. The van der Waals surface area contributed by atoms with Crippen molar-refractivity contribution in [2.24, 2.45) is 0 Å². The summed E-state index contributed by atoms with van der Waals surface area (Å²) in [6.45, 7) is 20.1. The number of para-hydroxylation sites is 2. The van der Waals surface area contributed by atoms with E-state index in [-0.39, 0.29) is 32.7 Å². The van der Waals surface area contributed by atoms with Crippen LogP contribution in [0.2, 0.25) is 0 Å². The molecule has 0 radical (unpaired) electrons. The molecule has 2 fully saturated rings. The van der Waals surface area contributed by atoms with Crippen molar-refractivity contribution >= 4 is 33.5 Å². The number of hydrogen-bond acceptors (Lipinski definition) is 2. The maximum absolute atomic E-state index is 2.70. The molecular weight excluding hydrogens is 845 g/mol. The maximum atomic E-state index is 2.70. The van der Waals surface area contributed by atoms with Gasteiger partial charge in [-0.3, -0.25) is 0 Å². The largest absolute Gasteiger partial charge is 0.334 e. The number of fused-ring (bicyclic) bond motifs is 14. The molecule has 70 heavy (non-hydrogen) atoms. The molecule has 0 spiro atoms. The highest BCUT2D eigenvalue weighted by molar-refractivity contribution is 6.10. The van der Waals surface area contributed by atoms with Crippen LogP contribution < -0.4 is 9.80 Å². The van der Waals surface area contributed by atoms with Crippen LogP contribution in [-0.2, 0) is 21.7 Å². The van der Waals surface area contributed by atoms with Gasteiger partial charge < -0.3 is 9.80 Å². The summed E-state index contributed by atoms with van der Waals surface area (Å²) in [5.74, 6) is 0. The van der Waals surface area contributed by atoms with Crippen molar-refractivity contribution in [3.05, 3.63) is 191 Å². The second kappa shape index (κ2) is 14.2. The molecule has 14 rings (SSSR count). The summed E-state index contributed by atoms with van der Waals surface area (Å²) in [5, 5.41) is 2.70. The van der Waals surface area contributed by atoms with Crippen LogP contribution in [0.25, 0.3) is 55.3 Å². The Balaban J connectivity index is 0.876. The van der Waals surface area contributed by atoms with Gasteiger partial charge in [0.15, 0.2) is 0 Å². The molecule has 0 N–H and O–H groups in total. The Morgan fingerprint density at radius 1 is 0.329 bits per heavy atom. The molecule has 6 aliphatic rings. The lowest BCUT2D eigenvalue weighted by Gasteiger charge is -2.50. The van der Waals surface area contributed by atoms with Gasteiger partial charge in [-0.25, -0.2) is 0 Å². The van der Waals surface area contributed by atoms with Crippen molar-refractivity contribution in [3.8, 4) is 44.5 Å². The van der Waals surface area contributed by atoms with Crippen LogP contribution in [-0.4, -0.2) is 11.1 Å². The topological polar surface area (TPSA) is 6.48 Å². The normalized spacial score (nSPS) is 25.9. The molecule has 2 nitrogen and oxygen atoms in total. The zero-order valence-corrected chi connectivity index (χ0v) is 42.6. The van der Waals surface area contributed by atoms with Crippen molar-refractivity contribution < 1.29 is 0 Å². The van der Waals surface area contributed by atoms with Crippen LogP contribution in [0.4, 0.5) is 22.7 Å². The van der Waals surface area contributed by atoms with Gasteiger partial charge in [-0.1, -0.05) is 158 Å². The molecule has 4 unspecified atom stereocenters. The number of hydrogen-bond donors (Lipinski definition) is 0. The monoisotopic (exact) mass is 911 g/mol. The zero-order valence-electron chi connectivity index (χ0n) is 42.6. The summed E-state index contributed by atoms with van der Waals surface area (Å²) in [4.78, 5) is 5.39. The third kappa shape index (κ3) is 5.25. The fourth-order valence-electron chi connectivity index (χ4n) is 16.0. The third-order valence-corrected chi connectivity index (χ3v) is 20.4. The van der Waals surface area contributed by atoms with E-state index in [9.17, 15) is 0 Å². The van der Waals surface area contributed by atoms with Crippen molar-refractivity contribution in [1.82, 2.24) is 0 Å². The summed E-state index contributed by atoms with van der Waals surface area (Å²) in [5.41, 5.74) is 25.0. The average molecular weight is 911 g/mol. The Morgan fingerprint density at radius 3 is 1.39 bits per heavy atom. The van der Waals surface area contributed by atoms with E-state index in [4.69, 9.17) is 0 Å². The summed E-state index contributed by atoms with van der Waals surface area (Å²) < 4.78 is 0. The lowest BCUT2D eigenvalue weighted by molar-refractivity contribution is 0.195. The number of benzene rings is 8. The van der Waals surface area contributed by atoms with E-state index in [2.05, 4.69) is 223 Å². The molecule has 8 aromatic rings. The molecule has 348 valence electrons. The molecule has 2 heteroatoms. The van der Waals surface area contributed by atoms with Crippen LogP contribution in [0.3, 0.4) is 0 Å². The van der Waals surface area contributed by atoms with Crippen LogP contribution in [0.5, 0.6) is 0 Å². The van der Waals surface area contributed by atoms with Crippen molar-refractivity contribution in [1.29, 1.82) is 0 Å². The Hall–Kier alpha value is -6.38. The number of nitrogens with zero attached hydrogens (tertiary/aromatic N) is 2. The van der Waals surface area contributed by atoms with Gasteiger partial charge in [0.25, 0.3) is 0 Å². The fraction of sp³-hybridized carbons (Fsp3) is 0.324. The van der Waals surface area contributed by atoms with Gasteiger partial charge in [0, 0.05) is 44.4 Å². The van der Waals surface area contributed by atoms with Crippen molar-refractivity contribution in [2.75, 3.05) is 9.80 Å². The summed E-state index contributed by atoms with van der Waals surface area (Å²) >= 11 is 0. The van der Waals surface area contributed by atoms with Gasteiger partial charge in [0.1, 0.15) is 0 Å². The first-order valence-electron chi connectivity index (χ1n) is 26.6. The minimum atomic E-state index is -0.176. The standard InChI is InChI=1S/C68H66N2/c1-63(2)54-37-43(44-28-31-60-57(38-44)65(5)33-17-19-35-67(65,7)69(60)46-21-11-9-12-22-46)27-30-49(54)52-40-53-56(42-55(52)63)64(3,4)59-41-51(48-25-15-16-26-50(48)62(53)59)45-29-32-61-58(39-45)66(6)34-18-20-36-68(66,8)70(61)47-23-13-10-14-24-47/h9-16,21-32,37-42H,17-20,33-36H2,1-8H3. The molecule has 0 aromatic heterocycles.